The molecular formula is C16H24N2O3. The normalized spacial score (nSPS) is 13.5. The Bertz CT molecular complexity index is 488. The van der Waals surface area contributed by atoms with Gasteiger partial charge in [-0.2, -0.15) is 0 Å². The van der Waals surface area contributed by atoms with Crippen LogP contribution in [0.4, 0.5) is 0 Å². The lowest BCUT2D eigenvalue weighted by molar-refractivity contribution is -0.138. The van der Waals surface area contributed by atoms with Gasteiger partial charge in [-0.05, 0) is 37.7 Å². The average molecular weight is 292 g/mol. The first-order valence-electron chi connectivity index (χ1n) is 7.38. The van der Waals surface area contributed by atoms with E-state index < -0.39 is 5.97 Å². The summed E-state index contributed by atoms with van der Waals surface area (Å²) in [5.74, 6) is 0.227. The van der Waals surface area contributed by atoms with Crippen molar-refractivity contribution in [1.82, 2.24) is 9.80 Å². The Morgan fingerprint density at radius 2 is 2.10 bits per heavy atom. The van der Waals surface area contributed by atoms with Crippen LogP contribution < -0.4 is 4.74 Å². The third-order valence-corrected chi connectivity index (χ3v) is 3.69. The van der Waals surface area contributed by atoms with Crippen molar-refractivity contribution in [3.8, 4) is 5.75 Å². The molecular weight excluding hydrogens is 268 g/mol. The molecule has 5 nitrogen and oxygen atoms in total. The number of likely N-dealkylation sites (N-methyl/N-ethyl adjacent to an activating group) is 1. The largest absolute Gasteiger partial charge is 0.493 e. The predicted octanol–water partition coefficient (Wildman–Crippen LogP) is 1.11. The maximum atomic E-state index is 10.9. The van der Waals surface area contributed by atoms with E-state index >= 15 is 0 Å². The SMILES string of the molecule is CN(C)CCN(CCc1ccc2c(c1)CCO2)CC(=O)O. The summed E-state index contributed by atoms with van der Waals surface area (Å²) in [6.07, 6.45) is 1.84. The van der Waals surface area contributed by atoms with Gasteiger partial charge in [0.2, 0.25) is 0 Å². The lowest BCUT2D eigenvalue weighted by Crippen LogP contribution is -2.36. The third-order valence-electron chi connectivity index (χ3n) is 3.69. The fourth-order valence-corrected chi connectivity index (χ4v) is 2.49. The zero-order chi connectivity index (χ0) is 15.2. The van der Waals surface area contributed by atoms with Gasteiger partial charge >= 0.3 is 5.97 Å². The molecule has 0 atom stereocenters. The number of benzene rings is 1. The van der Waals surface area contributed by atoms with E-state index in [-0.39, 0.29) is 6.54 Å². The number of carboxylic acid groups (broad SMARTS) is 1. The van der Waals surface area contributed by atoms with Crippen molar-refractivity contribution in [3.63, 3.8) is 0 Å². The van der Waals surface area contributed by atoms with Crippen molar-refractivity contribution in [2.45, 2.75) is 12.8 Å². The summed E-state index contributed by atoms with van der Waals surface area (Å²) >= 11 is 0. The third kappa shape index (κ3) is 5.02. The molecule has 1 heterocycles. The Morgan fingerprint density at radius 1 is 1.29 bits per heavy atom. The smallest absolute Gasteiger partial charge is 0.317 e. The molecule has 1 aliphatic rings. The van der Waals surface area contributed by atoms with E-state index in [1.165, 1.54) is 11.1 Å². The molecule has 0 spiro atoms. The van der Waals surface area contributed by atoms with Crippen LogP contribution >= 0.6 is 0 Å². The molecule has 1 N–H and O–H groups in total. The molecule has 0 radical (unpaired) electrons. The van der Waals surface area contributed by atoms with E-state index in [0.29, 0.717) is 0 Å². The zero-order valence-corrected chi connectivity index (χ0v) is 12.8. The van der Waals surface area contributed by atoms with Crippen LogP contribution in [0.1, 0.15) is 11.1 Å². The highest BCUT2D eigenvalue weighted by Crippen LogP contribution is 2.26. The quantitative estimate of drug-likeness (QED) is 0.778. The van der Waals surface area contributed by atoms with Crippen molar-refractivity contribution in [2.24, 2.45) is 0 Å². The van der Waals surface area contributed by atoms with E-state index in [9.17, 15) is 4.79 Å². The number of rotatable bonds is 8. The molecule has 1 aliphatic heterocycles. The average Bonchev–Trinajstić information content (AvgIpc) is 2.88. The number of hydrogen-bond donors (Lipinski definition) is 1. The minimum Gasteiger partial charge on any atom is -0.493 e. The van der Waals surface area contributed by atoms with E-state index in [4.69, 9.17) is 9.84 Å². The van der Waals surface area contributed by atoms with Crippen LogP contribution in [0.3, 0.4) is 0 Å². The highest BCUT2D eigenvalue weighted by atomic mass is 16.5. The number of ether oxygens (including phenoxy) is 1. The number of carbonyl (C=O) groups is 1. The molecule has 0 bridgehead atoms. The molecule has 0 saturated carbocycles. The zero-order valence-electron chi connectivity index (χ0n) is 12.8. The summed E-state index contributed by atoms with van der Waals surface area (Å²) in [6.45, 7) is 3.27. The van der Waals surface area contributed by atoms with Crippen molar-refractivity contribution < 1.29 is 14.6 Å². The Labute approximate surface area is 126 Å². The van der Waals surface area contributed by atoms with Gasteiger partial charge in [0.15, 0.2) is 0 Å². The van der Waals surface area contributed by atoms with E-state index in [1.54, 1.807) is 0 Å². The van der Waals surface area contributed by atoms with Crippen molar-refractivity contribution in [3.05, 3.63) is 29.3 Å². The maximum Gasteiger partial charge on any atom is 0.317 e. The second-order valence-electron chi connectivity index (χ2n) is 5.76. The molecule has 21 heavy (non-hydrogen) atoms. The number of fused-ring (bicyclic) bond motifs is 1. The minimum absolute atomic E-state index is 0.0991. The van der Waals surface area contributed by atoms with Gasteiger partial charge in [0.05, 0.1) is 13.2 Å². The molecule has 0 saturated heterocycles. The summed E-state index contributed by atoms with van der Waals surface area (Å²) in [5.41, 5.74) is 2.52. The van der Waals surface area contributed by atoms with Gasteiger partial charge in [-0.15, -0.1) is 0 Å². The Morgan fingerprint density at radius 3 is 2.81 bits per heavy atom. The van der Waals surface area contributed by atoms with Crippen LogP contribution in [0.25, 0.3) is 0 Å². The Balaban J connectivity index is 1.89. The van der Waals surface area contributed by atoms with Gasteiger partial charge < -0.3 is 14.7 Å². The maximum absolute atomic E-state index is 10.9. The first-order chi connectivity index (χ1) is 10.0. The van der Waals surface area contributed by atoms with Crippen LogP contribution in [0.15, 0.2) is 18.2 Å². The van der Waals surface area contributed by atoms with Gasteiger partial charge in [0.25, 0.3) is 0 Å². The highest BCUT2D eigenvalue weighted by molar-refractivity contribution is 5.69. The monoisotopic (exact) mass is 292 g/mol. The molecule has 0 amide bonds. The molecule has 1 aromatic rings. The first-order valence-corrected chi connectivity index (χ1v) is 7.38. The second-order valence-corrected chi connectivity index (χ2v) is 5.76. The van der Waals surface area contributed by atoms with Gasteiger partial charge in [-0.3, -0.25) is 9.69 Å². The van der Waals surface area contributed by atoms with E-state index in [2.05, 4.69) is 17.0 Å². The van der Waals surface area contributed by atoms with Gasteiger partial charge in [-0.1, -0.05) is 12.1 Å². The fourth-order valence-electron chi connectivity index (χ4n) is 2.49. The van der Waals surface area contributed by atoms with Gasteiger partial charge in [-0.25, -0.2) is 0 Å². The van der Waals surface area contributed by atoms with E-state index in [0.717, 1.165) is 44.8 Å². The number of aliphatic carboxylic acids is 1. The van der Waals surface area contributed by atoms with E-state index in [1.807, 2.05) is 25.1 Å². The fraction of sp³-hybridized carbons (Fsp3) is 0.562. The molecule has 116 valence electrons. The first kappa shape index (κ1) is 15.8. The van der Waals surface area contributed by atoms with Crippen LogP contribution in [-0.4, -0.2) is 67.8 Å². The lowest BCUT2D eigenvalue weighted by atomic mass is 10.1. The minimum atomic E-state index is -0.767. The second kappa shape index (κ2) is 7.43. The molecule has 1 aromatic carbocycles. The van der Waals surface area contributed by atoms with Crippen LogP contribution in [0, 0.1) is 0 Å². The van der Waals surface area contributed by atoms with Crippen LogP contribution in [0.5, 0.6) is 5.75 Å². The Hall–Kier alpha value is -1.59. The molecule has 0 unspecified atom stereocenters. The molecule has 5 heteroatoms. The summed E-state index contributed by atoms with van der Waals surface area (Å²) in [5, 5.41) is 9.00. The number of carboxylic acids is 1. The molecule has 0 fully saturated rings. The lowest BCUT2D eigenvalue weighted by Gasteiger charge is -2.22. The van der Waals surface area contributed by atoms with Crippen molar-refractivity contribution >= 4 is 5.97 Å². The topological polar surface area (TPSA) is 53.0 Å². The van der Waals surface area contributed by atoms with Gasteiger partial charge in [0.1, 0.15) is 5.75 Å². The Kier molecular flexibility index (Phi) is 5.59. The molecule has 0 aliphatic carbocycles. The van der Waals surface area contributed by atoms with Gasteiger partial charge in [0, 0.05) is 26.1 Å². The number of hydrogen-bond acceptors (Lipinski definition) is 4. The van der Waals surface area contributed by atoms with Crippen LogP contribution in [0.2, 0.25) is 0 Å². The highest BCUT2D eigenvalue weighted by Gasteiger charge is 2.13. The van der Waals surface area contributed by atoms with Crippen molar-refractivity contribution in [1.29, 1.82) is 0 Å². The summed E-state index contributed by atoms with van der Waals surface area (Å²) in [7, 11) is 4.00. The van der Waals surface area contributed by atoms with Crippen molar-refractivity contribution in [2.75, 3.05) is 46.9 Å². The standard InChI is InChI=1S/C16H24N2O3/c1-17(2)8-9-18(12-16(19)20)7-5-13-3-4-15-14(11-13)6-10-21-15/h3-4,11H,5-10,12H2,1-2H3,(H,19,20). The predicted molar refractivity (Wildman–Crippen MR) is 82.0 cm³/mol. The summed E-state index contributed by atoms with van der Waals surface area (Å²) < 4.78 is 5.50. The summed E-state index contributed by atoms with van der Waals surface area (Å²) in [4.78, 5) is 15.0. The number of nitrogens with zero attached hydrogens (tertiary/aromatic N) is 2. The molecule has 0 aromatic heterocycles. The molecule has 2 rings (SSSR count). The summed E-state index contributed by atoms with van der Waals surface area (Å²) in [6, 6.07) is 6.29. The van der Waals surface area contributed by atoms with Crippen LogP contribution in [-0.2, 0) is 17.6 Å².